The first kappa shape index (κ1) is 24.8. The maximum atomic E-state index is 5.42. The van der Waals surface area contributed by atoms with E-state index in [-0.39, 0.29) is 0 Å². The Labute approximate surface area is 223 Å². The van der Waals surface area contributed by atoms with Crippen LogP contribution in [0.25, 0.3) is 22.5 Å². The number of nitrogens with one attached hydrogen (secondary N) is 1. The van der Waals surface area contributed by atoms with E-state index in [1.54, 1.807) is 7.11 Å². The number of ether oxygens (including phenoxy) is 1. The Kier molecular flexibility index (Phi) is 7.20. The summed E-state index contributed by atoms with van der Waals surface area (Å²) in [5.74, 6) is 3.55. The number of imidazole rings is 1. The van der Waals surface area contributed by atoms with E-state index < -0.39 is 0 Å². The van der Waals surface area contributed by atoms with Gasteiger partial charge in [0.25, 0.3) is 0 Å². The highest BCUT2D eigenvalue weighted by atomic mass is 16.5. The minimum absolute atomic E-state index is 0.532. The molecule has 1 fully saturated rings. The van der Waals surface area contributed by atoms with Crippen molar-refractivity contribution in [3.63, 3.8) is 0 Å². The summed E-state index contributed by atoms with van der Waals surface area (Å²) in [5, 5.41) is 14.7. The first-order chi connectivity index (χ1) is 18.7. The Morgan fingerprint density at radius 1 is 1.00 bits per heavy atom. The number of nitrogens with zero attached hydrogens (tertiary/aromatic N) is 7. The summed E-state index contributed by atoms with van der Waals surface area (Å²) in [7, 11) is 3.96. The molecule has 1 saturated carbocycles. The van der Waals surface area contributed by atoms with Crippen molar-refractivity contribution in [2.24, 2.45) is 0 Å². The number of fused-ring (bicyclic) bond motifs is 1. The Hall–Kier alpha value is -3.56. The fourth-order valence-electron chi connectivity index (χ4n) is 5.97. The second-order valence-corrected chi connectivity index (χ2v) is 10.6. The predicted molar refractivity (Wildman–Crippen MR) is 148 cm³/mol. The van der Waals surface area contributed by atoms with E-state index in [1.807, 2.05) is 18.2 Å². The molecule has 0 spiro atoms. The van der Waals surface area contributed by atoms with Gasteiger partial charge in [-0.05, 0) is 41.8 Å². The molecular weight excluding hydrogens is 476 g/mol. The Bertz CT molecular complexity index is 1340. The van der Waals surface area contributed by atoms with Crippen molar-refractivity contribution in [2.75, 3.05) is 38.9 Å². The van der Waals surface area contributed by atoms with E-state index in [1.165, 1.54) is 49.2 Å². The predicted octanol–water partition coefficient (Wildman–Crippen LogP) is 4.68. The average Bonchev–Trinajstić information content (AvgIpc) is 3.62. The number of tetrazole rings is 1. The molecule has 198 valence electrons. The van der Waals surface area contributed by atoms with Crippen LogP contribution in [-0.4, -0.2) is 69.1 Å². The fourth-order valence-corrected chi connectivity index (χ4v) is 5.97. The summed E-state index contributed by atoms with van der Waals surface area (Å²) in [6, 6.07) is 17.1. The number of rotatable bonds is 8. The van der Waals surface area contributed by atoms with Gasteiger partial charge in [0.2, 0.25) is 5.82 Å². The quantitative estimate of drug-likeness (QED) is 0.367. The molecule has 1 aliphatic heterocycles. The van der Waals surface area contributed by atoms with Crippen molar-refractivity contribution in [3.8, 4) is 22.5 Å². The molecule has 0 atom stereocenters. The van der Waals surface area contributed by atoms with Crippen LogP contribution in [0.1, 0.15) is 55.1 Å². The molecule has 0 amide bonds. The van der Waals surface area contributed by atoms with Gasteiger partial charge in [0.05, 0.1) is 19.0 Å². The molecule has 9 heteroatoms. The zero-order valence-electron chi connectivity index (χ0n) is 22.3. The normalized spacial score (nSPS) is 16.6. The van der Waals surface area contributed by atoms with Crippen LogP contribution in [-0.2, 0) is 17.8 Å². The molecule has 2 aromatic heterocycles. The molecule has 6 rings (SSSR count). The number of H-pyrrole nitrogens is 1. The van der Waals surface area contributed by atoms with Gasteiger partial charge >= 0.3 is 0 Å². The number of methoxy groups -OCH3 is 1. The molecule has 2 aromatic carbocycles. The maximum absolute atomic E-state index is 5.42. The van der Waals surface area contributed by atoms with Crippen LogP contribution in [0.2, 0.25) is 0 Å². The lowest BCUT2D eigenvalue weighted by atomic mass is 9.88. The summed E-state index contributed by atoms with van der Waals surface area (Å²) < 4.78 is 7.93. The maximum Gasteiger partial charge on any atom is 0.205 e. The molecule has 1 N–H and O–H groups in total. The van der Waals surface area contributed by atoms with Gasteiger partial charge < -0.3 is 14.2 Å². The van der Waals surface area contributed by atoms with Crippen LogP contribution in [0.5, 0.6) is 0 Å². The van der Waals surface area contributed by atoms with Crippen molar-refractivity contribution >= 4 is 5.82 Å². The standard InChI is InChI=1S/C29H36N8O/c1-35-19-26-29(36(20-35)16-17-38-2)30-28(23-8-4-3-5-9-23)37(26)18-21-12-14-22(15-13-21)24-10-6-7-11-25(24)27-31-33-34-32-27/h6-7,10-15,23H,3-5,8-9,16-20H2,1-2H3,(H,31,32,33,34). The Balaban J connectivity index is 1.33. The lowest BCUT2D eigenvalue weighted by Gasteiger charge is -2.34. The lowest BCUT2D eigenvalue weighted by Crippen LogP contribution is -2.42. The van der Waals surface area contributed by atoms with E-state index in [0.717, 1.165) is 48.8 Å². The monoisotopic (exact) mass is 512 g/mol. The second kappa shape index (κ2) is 11.0. The lowest BCUT2D eigenvalue weighted by molar-refractivity contribution is 0.197. The van der Waals surface area contributed by atoms with E-state index >= 15 is 0 Å². The first-order valence-corrected chi connectivity index (χ1v) is 13.6. The zero-order valence-corrected chi connectivity index (χ0v) is 22.3. The molecule has 4 aromatic rings. The number of anilines is 1. The molecular formula is C29H36N8O. The minimum Gasteiger partial charge on any atom is -0.383 e. The van der Waals surface area contributed by atoms with E-state index in [4.69, 9.17) is 9.72 Å². The van der Waals surface area contributed by atoms with Crippen LogP contribution in [0.4, 0.5) is 5.82 Å². The molecule has 3 heterocycles. The number of hydrogen-bond acceptors (Lipinski definition) is 7. The average molecular weight is 513 g/mol. The highest BCUT2D eigenvalue weighted by Gasteiger charge is 2.31. The van der Waals surface area contributed by atoms with E-state index in [9.17, 15) is 0 Å². The van der Waals surface area contributed by atoms with Gasteiger partial charge in [0.1, 0.15) is 5.82 Å². The van der Waals surface area contributed by atoms with Crippen LogP contribution < -0.4 is 4.90 Å². The largest absolute Gasteiger partial charge is 0.383 e. The van der Waals surface area contributed by atoms with Crippen molar-refractivity contribution in [1.29, 1.82) is 0 Å². The topological polar surface area (TPSA) is 88.0 Å². The van der Waals surface area contributed by atoms with Gasteiger partial charge in [-0.2, -0.15) is 5.21 Å². The molecule has 0 radical (unpaired) electrons. The third kappa shape index (κ3) is 4.96. The molecule has 0 bridgehead atoms. The number of benzene rings is 2. The van der Waals surface area contributed by atoms with Crippen molar-refractivity contribution in [2.45, 2.75) is 51.1 Å². The number of aromatic amines is 1. The van der Waals surface area contributed by atoms with Crippen molar-refractivity contribution < 1.29 is 4.74 Å². The summed E-state index contributed by atoms with van der Waals surface area (Å²) >= 11 is 0. The van der Waals surface area contributed by atoms with E-state index in [0.29, 0.717) is 18.3 Å². The van der Waals surface area contributed by atoms with Gasteiger partial charge in [-0.1, -0.05) is 67.8 Å². The minimum atomic E-state index is 0.532. The summed E-state index contributed by atoms with van der Waals surface area (Å²) in [6.07, 6.45) is 6.39. The van der Waals surface area contributed by atoms with Crippen LogP contribution in [0.15, 0.2) is 48.5 Å². The molecule has 2 aliphatic rings. The van der Waals surface area contributed by atoms with E-state index in [2.05, 4.69) is 72.4 Å². The Morgan fingerprint density at radius 3 is 2.53 bits per heavy atom. The first-order valence-electron chi connectivity index (χ1n) is 13.6. The van der Waals surface area contributed by atoms with Crippen LogP contribution in [0.3, 0.4) is 0 Å². The fraction of sp³-hybridized carbons (Fsp3) is 0.448. The van der Waals surface area contributed by atoms with Gasteiger partial charge in [-0.25, -0.2) is 4.98 Å². The number of hydrogen-bond donors (Lipinski definition) is 1. The smallest absolute Gasteiger partial charge is 0.205 e. The van der Waals surface area contributed by atoms with Crippen molar-refractivity contribution in [1.82, 2.24) is 35.1 Å². The molecule has 0 saturated heterocycles. The van der Waals surface area contributed by atoms with Crippen LogP contribution >= 0.6 is 0 Å². The van der Waals surface area contributed by atoms with Crippen molar-refractivity contribution in [3.05, 3.63) is 65.6 Å². The second-order valence-electron chi connectivity index (χ2n) is 10.6. The van der Waals surface area contributed by atoms with Gasteiger partial charge in [-0.3, -0.25) is 4.90 Å². The summed E-state index contributed by atoms with van der Waals surface area (Å²) in [6.45, 7) is 4.17. The zero-order chi connectivity index (χ0) is 25.9. The summed E-state index contributed by atoms with van der Waals surface area (Å²) in [5.41, 5.74) is 5.80. The Morgan fingerprint density at radius 2 is 1.79 bits per heavy atom. The summed E-state index contributed by atoms with van der Waals surface area (Å²) in [4.78, 5) is 10.1. The molecule has 9 nitrogen and oxygen atoms in total. The molecule has 38 heavy (non-hydrogen) atoms. The molecule has 0 unspecified atom stereocenters. The van der Waals surface area contributed by atoms with Crippen LogP contribution in [0, 0.1) is 0 Å². The van der Waals surface area contributed by atoms with Gasteiger partial charge in [-0.15, -0.1) is 10.2 Å². The number of aromatic nitrogens is 6. The SMILES string of the molecule is COCCN1CN(C)Cc2c1nc(C1CCCCC1)n2Cc1ccc(-c2ccccc2-c2nn[nH]n2)cc1. The van der Waals surface area contributed by atoms with Gasteiger partial charge in [0, 0.05) is 38.2 Å². The highest BCUT2D eigenvalue weighted by Crippen LogP contribution is 2.37. The van der Waals surface area contributed by atoms with Gasteiger partial charge in [0.15, 0.2) is 5.82 Å². The molecule has 1 aliphatic carbocycles. The highest BCUT2D eigenvalue weighted by molar-refractivity contribution is 5.80. The third-order valence-electron chi connectivity index (χ3n) is 7.87. The third-order valence-corrected chi connectivity index (χ3v) is 7.87.